The molecule has 0 aromatic heterocycles. The van der Waals surface area contributed by atoms with Gasteiger partial charge in [-0.3, -0.25) is 0 Å². The molecule has 0 unspecified atom stereocenters. The van der Waals surface area contributed by atoms with Crippen molar-refractivity contribution in [3.8, 4) is 0 Å². The van der Waals surface area contributed by atoms with E-state index in [1.807, 2.05) is 0 Å². The Morgan fingerprint density at radius 2 is 2.22 bits per heavy atom. The van der Waals surface area contributed by atoms with Crippen molar-refractivity contribution in [3.63, 3.8) is 0 Å². The normalized spacial score (nSPS) is 10.1. The minimum atomic E-state index is -1.18. The predicted octanol–water partition coefficient (Wildman–Crippen LogP) is -3.41. The molecule has 3 nitrogen and oxygen atoms in total. The van der Waals surface area contributed by atoms with Crippen LogP contribution in [0.5, 0.6) is 0 Å². The van der Waals surface area contributed by atoms with Gasteiger partial charge in [-0.05, 0) is 13.0 Å². The molecule has 0 amide bonds. The van der Waals surface area contributed by atoms with E-state index in [0.29, 0.717) is 0 Å². The Morgan fingerprint density at radius 1 is 1.78 bits per heavy atom. The number of carbonyl (C=O) groups is 1. The Kier molecular flexibility index (Phi) is 9.27. The molecule has 0 saturated heterocycles. The Balaban J connectivity index is 0. The Bertz CT molecular complexity index is 115. The zero-order valence-corrected chi connectivity index (χ0v) is 8.67. The summed E-state index contributed by atoms with van der Waals surface area (Å²) in [6.45, 7) is 1.41. The number of carboxylic acid groups (broad SMARTS) is 1. The first kappa shape index (κ1) is 12.3. The van der Waals surface area contributed by atoms with Gasteiger partial charge in [0.2, 0.25) is 0 Å². The van der Waals surface area contributed by atoms with Crippen LogP contribution in [-0.4, -0.2) is 11.1 Å². The zero-order chi connectivity index (χ0) is 6.57. The molecule has 0 radical (unpaired) electrons. The fourth-order valence-corrected chi connectivity index (χ4v) is 0.231. The smallest absolute Gasteiger partial charge is 0.550 e. The van der Waals surface area contributed by atoms with Crippen molar-refractivity contribution in [2.45, 2.75) is 13.3 Å². The molecule has 0 heterocycles. The molecule has 0 aliphatic carbocycles. The van der Waals surface area contributed by atoms with Crippen molar-refractivity contribution in [3.05, 3.63) is 11.8 Å². The van der Waals surface area contributed by atoms with Gasteiger partial charge in [-0.2, -0.15) is 0 Å². The summed E-state index contributed by atoms with van der Waals surface area (Å²) in [6, 6.07) is 0. The van der Waals surface area contributed by atoms with Crippen LogP contribution in [0, 0.1) is 0 Å². The summed E-state index contributed by atoms with van der Waals surface area (Å²) in [5.74, 6) is -1.17. The van der Waals surface area contributed by atoms with E-state index in [9.17, 15) is 9.90 Å². The molecule has 0 rings (SSSR count). The van der Waals surface area contributed by atoms with Crippen molar-refractivity contribution < 1.29 is 66.4 Å². The maximum absolute atomic E-state index is 9.64. The van der Waals surface area contributed by atoms with Crippen molar-refractivity contribution in [1.82, 2.24) is 0 Å². The van der Waals surface area contributed by atoms with E-state index in [0.717, 1.165) is 0 Å². The topological polar surface area (TPSA) is 60.4 Å². The first-order chi connectivity index (χ1) is 3.63. The van der Waals surface area contributed by atoms with E-state index in [1.54, 1.807) is 0 Å². The molecule has 4 heteroatoms. The number of aliphatic hydroxyl groups excluding tert-OH is 1. The van der Waals surface area contributed by atoms with E-state index >= 15 is 0 Å². The molecule has 0 aromatic carbocycles. The summed E-state index contributed by atoms with van der Waals surface area (Å²) < 4.78 is 0. The largest absolute Gasteiger partial charge is 1.00 e. The quantitative estimate of drug-likeness (QED) is 0.333. The Morgan fingerprint density at radius 3 is 2.33 bits per heavy atom. The van der Waals surface area contributed by atoms with E-state index in [1.165, 1.54) is 13.0 Å². The minimum absolute atomic E-state index is 0. The van der Waals surface area contributed by atoms with E-state index in [4.69, 9.17) is 5.11 Å². The van der Waals surface area contributed by atoms with Crippen molar-refractivity contribution >= 4 is 5.97 Å². The molecule has 0 aliphatic heterocycles. The third-order valence-corrected chi connectivity index (χ3v) is 0.564. The summed E-state index contributed by atoms with van der Waals surface area (Å²) in [4.78, 5) is 9.64. The van der Waals surface area contributed by atoms with Crippen LogP contribution in [0.25, 0.3) is 0 Å². The number of carbonyl (C=O) groups excluding carboxylic acids is 1. The fraction of sp³-hybridized carbons (Fsp3) is 0.400. The SMILES string of the molecule is CC(O)=CCC(=O)[O-].[K+]. The van der Waals surface area contributed by atoms with E-state index < -0.39 is 5.97 Å². The first-order valence-electron chi connectivity index (χ1n) is 2.18. The van der Waals surface area contributed by atoms with E-state index in [-0.39, 0.29) is 63.6 Å². The molecule has 0 bridgehead atoms. The van der Waals surface area contributed by atoms with Crippen molar-refractivity contribution in [1.29, 1.82) is 0 Å². The van der Waals surface area contributed by atoms with Gasteiger partial charge in [-0.1, -0.05) is 0 Å². The molecular formula is C5H7KO3. The van der Waals surface area contributed by atoms with Crippen LogP contribution >= 0.6 is 0 Å². The average molecular weight is 154 g/mol. The molecular weight excluding hydrogens is 147 g/mol. The summed E-state index contributed by atoms with van der Waals surface area (Å²) in [5, 5.41) is 18.0. The van der Waals surface area contributed by atoms with Crippen LogP contribution in [0.2, 0.25) is 0 Å². The number of hydrogen-bond donors (Lipinski definition) is 1. The third-order valence-electron chi connectivity index (χ3n) is 0.564. The minimum Gasteiger partial charge on any atom is -0.550 e. The molecule has 0 aliphatic rings. The van der Waals surface area contributed by atoms with Gasteiger partial charge in [0, 0.05) is 12.4 Å². The summed E-state index contributed by atoms with van der Waals surface area (Å²) >= 11 is 0. The molecule has 0 saturated carbocycles. The number of allylic oxidation sites excluding steroid dienone is 1. The van der Waals surface area contributed by atoms with Crippen molar-refractivity contribution in [2.24, 2.45) is 0 Å². The third kappa shape index (κ3) is 12.0. The summed E-state index contributed by atoms with van der Waals surface area (Å²) in [6.07, 6.45) is 0.956. The standard InChI is InChI=1S/C5H8O3.K/c1-4(6)2-3-5(7)8;/h2,6H,3H2,1H3,(H,7,8);/q;+1/p-1. The predicted molar refractivity (Wildman–Crippen MR) is 26.0 cm³/mol. The molecule has 1 N–H and O–H groups in total. The first-order valence-corrected chi connectivity index (χ1v) is 2.18. The van der Waals surface area contributed by atoms with Gasteiger partial charge in [0.05, 0.1) is 5.76 Å². The van der Waals surface area contributed by atoms with Crippen LogP contribution in [0.1, 0.15) is 13.3 Å². The number of hydrogen-bond acceptors (Lipinski definition) is 3. The Hall–Kier alpha value is 0.646. The second-order valence-corrected chi connectivity index (χ2v) is 1.42. The monoisotopic (exact) mass is 154 g/mol. The van der Waals surface area contributed by atoms with Gasteiger partial charge in [-0.15, -0.1) is 0 Å². The molecule has 0 atom stereocenters. The Labute approximate surface area is 96.2 Å². The van der Waals surface area contributed by atoms with Gasteiger partial charge in [0.1, 0.15) is 0 Å². The average Bonchev–Trinajstić information content (AvgIpc) is 1.61. The van der Waals surface area contributed by atoms with Gasteiger partial charge < -0.3 is 15.0 Å². The molecule has 0 fully saturated rings. The van der Waals surface area contributed by atoms with Crippen LogP contribution in [0.4, 0.5) is 0 Å². The number of rotatable bonds is 2. The molecule has 0 aromatic rings. The second kappa shape index (κ2) is 6.76. The maximum atomic E-state index is 9.64. The maximum Gasteiger partial charge on any atom is 1.00 e. The molecule has 9 heavy (non-hydrogen) atoms. The van der Waals surface area contributed by atoms with Gasteiger partial charge in [-0.25, -0.2) is 0 Å². The van der Waals surface area contributed by atoms with Crippen molar-refractivity contribution in [2.75, 3.05) is 0 Å². The van der Waals surface area contributed by atoms with Gasteiger partial charge >= 0.3 is 51.4 Å². The number of aliphatic carboxylic acids is 1. The van der Waals surface area contributed by atoms with E-state index in [2.05, 4.69) is 0 Å². The number of aliphatic hydroxyl groups is 1. The van der Waals surface area contributed by atoms with Gasteiger partial charge in [0.25, 0.3) is 0 Å². The summed E-state index contributed by atoms with van der Waals surface area (Å²) in [7, 11) is 0. The molecule has 46 valence electrons. The van der Waals surface area contributed by atoms with Crippen LogP contribution in [0.15, 0.2) is 11.8 Å². The second-order valence-electron chi connectivity index (χ2n) is 1.42. The summed E-state index contributed by atoms with van der Waals surface area (Å²) in [5.41, 5.74) is 0. The fourth-order valence-electron chi connectivity index (χ4n) is 0.231. The van der Waals surface area contributed by atoms with Crippen LogP contribution in [-0.2, 0) is 4.79 Å². The van der Waals surface area contributed by atoms with Crippen LogP contribution in [0.3, 0.4) is 0 Å². The number of carboxylic acids is 1. The zero-order valence-electron chi connectivity index (χ0n) is 5.55. The van der Waals surface area contributed by atoms with Gasteiger partial charge in [0.15, 0.2) is 0 Å². The molecule has 0 spiro atoms. The van der Waals surface area contributed by atoms with Crippen LogP contribution < -0.4 is 56.5 Å².